The number of fused-ring (bicyclic) bond motifs is 8. The van der Waals surface area contributed by atoms with Crippen molar-refractivity contribution in [2.75, 3.05) is 9.80 Å². The summed E-state index contributed by atoms with van der Waals surface area (Å²) >= 11 is 0. The van der Waals surface area contributed by atoms with Crippen LogP contribution in [-0.2, 0) is 12.4 Å². The zero-order valence-electron chi connectivity index (χ0n) is 48.5. The average molecular weight is 1230 g/mol. The van der Waals surface area contributed by atoms with Crippen LogP contribution in [0.2, 0.25) is 0 Å². The van der Waals surface area contributed by atoms with E-state index in [1.54, 1.807) is 75.1 Å². The number of pyridine rings is 2. The topological polar surface area (TPSA) is 96.4 Å². The second kappa shape index (κ2) is 21.6. The molecule has 0 unspecified atom stereocenters. The summed E-state index contributed by atoms with van der Waals surface area (Å²) in [6, 6.07) is 74.1. The number of rotatable bonds is 10. The minimum absolute atomic E-state index is 0.0390. The maximum absolute atomic E-state index is 16.8. The summed E-state index contributed by atoms with van der Waals surface area (Å²) in [5.41, 5.74) is 8.64. The molecule has 0 N–H and O–H groups in total. The van der Waals surface area contributed by atoms with E-state index in [9.17, 15) is 36.9 Å². The van der Waals surface area contributed by atoms with E-state index in [1.165, 1.54) is 28.7 Å². The molecule has 0 bridgehead atoms. The number of alkyl halides is 6. The molecule has 0 saturated carbocycles. The van der Waals surface area contributed by atoms with Gasteiger partial charge in [-0.15, -0.1) is 0 Å². The van der Waals surface area contributed by atoms with Crippen LogP contribution >= 0.6 is 0 Å². The molecule has 2 aliphatic heterocycles. The third-order valence-electron chi connectivity index (χ3n) is 17.4. The maximum Gasteiger partial charge on any atom is 0.727 e. The first-order valence-corrected chi connectivity index (χ1v) is 29.5. The number of aromatic nitrogens is 4. The largest absolute Gasteiger partial charge is 0.727 e. The van der Waals surface area contributed by atoms with Gasteiger partial charge in [-0.2, -0.15) is 36.9 Å². The highest BCUT2D eigenvalue weighted by molar-refractivity contribution is 6.42. The highest BCUT2D eigenvalue weighted by Crippen LogP contribution is 2.42. The smallest absolute Gasteiger partial charge is 0.311 e. The van der Waals surface area contributed by atoms with Gasteiger partial charge in [-0.05, 0) is 176 Å². The minimum Gasteiger partial charge on any atom is -0.311 e. The van der Waals surface area contributed by atoms with Gasteiger partial charge >= 0.3 is 38.8 Å². The monoisotopic (exact) mass is 1230 g/mol. The molecule has 93 heavy (non-hydrogen) atoms. The van der Waals surface area contributed by atoms with E-state index in [0.717, 1.165) is 95.6 Å². The Kier molecular flexibility index (Phi) is 13.0. The molecule has 2 aliphatic rings. The van der Waals surface area contributed by atoms with Crippen LogP contribution < -0.4 is 29.7 Å². The van der Waals surface area contributed by atoms with Gasteiger partial charge in [-0.25, -0.2) is 4.48 Å². The van der Waals surface area contributed by atoms with Crippen molar-refractivity contribution in [2.24, 2.45) is 9.98 Å². The Labute approximate surface area is 526 Å². The first-order valence-electron chi connectivity index (χ1n) is 29.5. The predicted octanol–water partition coefficient (Wildman–Crippen LogP) is 17.0. The number of hydrogen-bond donors (Lipinski definition) is 0. The number of nitriles is 2. The second-order valence-electron chi connectivity index (χ2n) is 22.7. The van der Waals surface area contributed by atoms with Gasteiger partial charge in [0.2, 0.25) is 11.0 Å². The average Bonchev–Trinajstić information content (AvgIpc) is 1.59. The summed E-state index contributed by atoms with van der Waals surface area (Å²) in [6.07, 6.45) is -5.44. The summed E-state index contributed by atoms with van der Waals surface area (Å²) in [6.45, 7) is 0. The Morgan fingerprint density at radius 1 is 0.430 bits per heavy atom. The molecular formula is C74H42B2F7N10+2. The molecule has 1 radical (unpaired) electrons. The van der Waals surface area contributed by atoms with Crippen LogP contribution in [0.1, 0.15) is 22.3 Å². The molecule has 16 rings (SSSR count). The molecule has 10 nitrogen and oxygen atoms in total. The minimum atomic E-state index is -4.59. The lowest BCUT2D eigenvalue weighted by molar-refractivity contribution is -0.535. The summed E-state index contributed by atoms with van der Waals surface area (Å²) in [5.74, 6) is 1.19. The van der Waals surface area contributed by atoms with Crippen molar-refractivity contribution in [1.82, 2.24) is 8.96 Å². The van der Waals surface area contributed by atoms with E-state index in [0.29, 0.717) is 62.1 Å². The normalized spacial score (nSPS) is 12.8. The fourth-order valence-corrected chi connectivity index (χ4v) is 12.9. The Morgan fingerprint density at radius 2 is 0.817 bits per heavy atom. The number of nitrogens with zero attached hydrogens (tertiary/aromatic N) is 10. The van der Waals surface area contributed by atoms with Crippen LogP contribution in [0.15, 0.2) is 265 Å². The fraction of sp³-hybridized carbons (Fsp3) is 0.0270. The van der Waals surface area contributed by atoms with Crippen LogP contribution in [-0.4, -0.2) is 23.8 Å². The van der Waals surface area contributed by atoms with E-state index in [2.05, 4.69) is 40.9 Å². The number of benzene rings is 10. The van der Waals surface area contributed by atoms with Crippen molar-refractivity contribution >= 4 is 115 Å². The number of allylic oxidation sites excluding steroid dienone is 2. The SMILES string of the molecule is N#C/C(=C(/C#N)c1ccc(N(c2ccc(-c3ccc4[n+](c3)B(F)n3c(c5cccc6cccc3c65)=N4)cc2)c2ccc(C(F)(F)F)cc2)cc1)c1ccc(N(c2ccc(-c3ccc4[n+](c3)[B]n3c(c5cccc6cccc3c65)=N4)cc2)c2ccc(C(F)(F)F)cc2)cc1. The van der Waals surface area contributed by atoms with Crippen molar-refractivity contribution in [3.63, 3.8) is 0 Å². The van der Waals surface area contributed by atoms with Crippen LogP contribution in [0.3, 0.4) is 0 Å². The molecule has 4 aromatic heterocycles. The molecule has 0 spiro atoms. The third-order valence-corrected chi connectivity index (χ3v) is 17.4. The van der Waals surface area contributed by atoms with Crippen LogP contribution in [0, 0.1) is 22.7 Å². The number of halogens is 7. The molecule has 441 valence electrons. The van der Waals surface area contributed by atoms with E-state index in [1.807, 2.05) is 133 Å². The van der Waals surface area contributed by atoms with Gasteiger partial charge in [0.05, 0.1) is 45.4 Å². The molecule has 0 aliphatic carbocycles. The first kappa shape index (κ1) is 56.2. The molecule has 0 fully saturated rings. The van der Waals surface area contributed by atoms with Crippen LogP contribution in [0.25, 0.3) is 76.8 Å². The van der Waals surface area contributed by atoms with Crippen LogP contribution in [0.4, 0.5) is 76.4 Å². The number of anilines is 6. The van der Waals surface area contributed by atoms with Crippen molar-refractivity contribution in [3.8, 4) is 34.4 Å². The first-order chi connectivity index (χ1) is 45.2. The lowest BCUT2D eigenvalue weighted by Crippen LogP contribution is -2.58. The standard InChI is InChI=1S/C74H42B2F7N10/c77-73(78,79)53-23-35-59(36-24-53)90(55-27-13-45(14-28-55)51-21-39-67-86-71-61-9-1-5-49-7-3-11-65(69(49)61)92(71)75-88(67)43-51)57-31-17-47(18-32-57)63(41-84)64(42-85)48-19-33-58(34-20-48)91(60-37-25-54(26-38-60)74(80,81)82)56-29-15-46(16-30-56)52-22-40-68-87-72-62-10-2-6-50-8-4-12-66(70(50)62)93(72)76(83)89(68)44-52/h1-40,43-44H/q+2/b64-63+. The van der Waals surface area contributed by atoms with E-state index < -0.39 is 30.7 Å². The van der Waals surface area contributed by atoms with Gasteiger partial charge in [0.25, 0.3) is 0 Å². The highest BCUT2D eigenvalue weighted by atomic mass is 19.4. The highest BCUT2D eigenvalue weighted by Gasteiger charge is 2.40. The quantitative estimate of drug-likeness (QED) is 0.0590. The van der Waals surface area contributed by atoms with E-state index in [-0.39, 0.29) is 11.1 Å². The van der Waals surface area contributed by atoms with Gasteiger partial charge in [-0.1, -0.05) is 97.1 Å². The van der Waals surface area contributed by atoms with Gasteiger partial charge in [0.15, 0.2) is 0 Å². The molecule has 6 heterocycles. The molecule has 0 saturated heterocycles. The van der Waals surface area contributed by atoms with E-state index in [4.69, 9.17) is 9.98 Å². The van der Waals surface area contributed by atoms with Crippen molar-refractivity contribution in [1.29, 1.82) is 10.5 Å². The predicted molar refractivity (Wildman–Crippen MR) is 347 cm³/mol. The van der Waals surface area contributed by atoms with Crippen molar-refractivity contribution in [2.45, 2.75) is 12.4 Å². The maximum atomic E-state index is 16.8. The lowest BCUT2D eigenvalue weighted by Gasteiger charge is -2.26. The summed E-state index contributed by atoms with van der Waals surface area (Å²) in [7, 11) is 0.424. The zero-order chi connectivity index (χ0) is 63.4. The van der Waals surface area contributed by atoms with Crippen molar-refractivity contribution in [3.05, 3.63) is 288 Å². The summed E-state index contributed by atoms with van der Waals surface area (Å²) in [5, 5.41) is 27.6. The Balaban J connectivity index is 0.693. The third kappa shape index (κ3) is 9.51. The molecule has 19 heteroatoms. The van der Waals surface area contributed by atoms with Gasteiger partial charge in [0.1, 0.15) is 12.1 Å². The fourth-order valence-electron chi connectivity index (χ4n) is 12.9. The Morgan fingerprint density at radius 3 is 1.29 bits per heavy atom. The van der Waals surface area contributed by atoms with Gasteiger partial charge in [-0.3, -0.25) is 13.3 Å². The second-order valence-corrected chi connectivity index (χ2v) is 22.7. The lowest BCUT2D eigenvalue weighted by atomic mass is 9.95. The van der Waals surface area contributed by atoms with Gasteiger partial charge in [0, 0.05) is 79.2 Å². The van der Waals surface area contributed by atoms with Crippen LogP contribution in [0.5, 0.6) is 0 Å². The molecule has 10 aromatic carbocycles. The summed E-state index contributed by atoms with van der Waals surface area (Å²) < 4.78 is 107. The van der Waals surface area contributed by atoms with E-state index >= 15 is 4.32 Å². The molecular weight excluding hydrogens is 1180 g/mol. The zero-order valence-corrected chi connectivity index (χ0v) is 48.5. The number of hydrogen-bond acceptors (Lipinski definition) is 6. The Bertz CT molecular complexity index is 5590. The van der Waals surface area contributed by atoms with Crippen molar-refractivity contribution < 1.29 is 39.6 Å². The molecule has 14 aromatic rings. The molecule has 0 atom stereocenters. The summed E-state index contributed by atoms with van der Waals surface area (Å²) in [4.78, 5) is 13.5. The Hall–Kier alpha value is -12.1. The molecule has 0 amide bonds. The van der Waals surface area contributed by atoms with Gasteiger partial charge < -0.3 is 14.3 Å².